The number of hydrogen-bond acceptors (Lipinski definition) is 1. The molecule has 1 unspecified atom stereocenters. The highest BCUT2D eigenvalue weighted by molar-refractivity contribution is 7.61. The van der Waals surface area contributed by atoms with Crippen molar-refractivity contribution in [1.29, 1.82) is 0 Å². The van der Waals surface area contributed by atoms with E-state index < -0.39 is 7.37 Å². The van der Waals surface area contributed by atoms with Crippen molar-refractivity contribution in [3.63, 3.8) is 0 Å². The molecule has 0 aromatic carbocycles. The van der Waals surface area contributed by atoms with E-state index >= 15 is 0 Å². The first kappa shape index (κ1) is 16.9. The molecule has 0 rings (SSSR count). The predicted molar refractivity (Wildman–Crippen MR) is 76.7 cm³/mol. The lowest BCUT2D eigenvalue weighted by molar-refractivity contribution is 0.484. The maximum atomic E-state index is 11.7. The molecule has 0 aliphatic rings. The minimum atomic E-state index is -2.97. The van der Waals surface area contributed by atoms with Gasteiger partial charge in [-0.15, -0.1) is 0 Å². The SMILES string of the molecule is CCCCC=CP(=O)(O)CCCCCCCC. The molecular weight excluding hydrogens is 231 g/mol. The van der Waals surface area contributed by atoms with Gasteiger partial charge in [-0.25, -0.2) is 0 Å². The van der Waals surface area contributed by atoms with Gasteiger partial charge in [0.05, 0.1) is 0 Å². The average molecular weight is 260 g/mol. The van der Waals surface area contributed by atoms with E-state index in [1.807, 2.05) is 6.08 Å². The molecule has 0 aliphatic carbocycles. The van der Waals surface area contributed by atoms with Gasteiger partial charge in [-0.05, 0) is 18.7 Å². The van der Waals surface area contributed by atoms with Crippen LogP contribution in [0.25, 0.3) is 0 Å². The standard InChI is InChI=1S/C14H29O2P/c1-3-5-7-9-10-12-14-17(15,16)13-11-8-6-4-2/h11,13H,3-10,12,14H2,1-2H3,(H,15,16). The second-order valence-corrected chi connectivity index (χ2v) is 7.03. The van der Waals surface area contributed by atoms with Crippen LogP contribution in [0, 0.1) is 0 Å². The average Bonchev–Trinajstić information content (AvgIpc) is 2.29. The minimum Gasteiger partial charge on any atom is -0.341 e. The Bertz CT molecular complexity index is 236. The van der Waals surface area contributed by atoms with Crippen LogP contribution in [-0.2, 0) is 4.57 Å². The molecule has 102 valence electrons. The largest absolute Gasteiger partial charge is 0.341 e. The van der Waals surface area contributed by atoms with Gasteiger partial charge in [-0.1, -0.05) is 64.9 Å². The van der Waals surface area contributed by atoms with Crippen LogP contribution in [0.1, 0.15) is 71.6 Å². The molecule has 17 heavy (non-hydrogen) atoms. The molecule has 0 saturated heterocycles. The van der Waals surface area contributed by atoms with E-state index in [9.17, 15) is 9.46 Å². The van der Waals surface area contributed by atoms with E-state index in [0.717, 1.165) is 32.1 Å². The van der Waals surface area contributed by atoms with Crippen LogP contribution < -0.4 is 0 Å². The molecule has 2 nitrogen and oxygen atoms in total. The highest BCUT2D eigenvalue weighted by Gasteiger charge is 2.12. The van der Waals surface area contributed by atoms with E-state index in [-0.39, 0.29) is 0 Å². The predicted octanol–water partition coefficient (Wildman–Crippen LogP) is 5.32. The summed E-state index contributed by atoms with van der Waals surface area (Å²) in [5.74, 6) is 1.55. The van der Waals surface area contributed by atoms with Crippen LogP contribution in [0.2, 0.25) is 0 Å². The molecule has 0 spiro atoms. The topological polar surface area (TPSA) is 37.3 Å². The van der Waals surface area contributed by atoms with E-state index in [1.54, 1.807) is 5.82 Å². The third kappa shape index (κ3) is 12.2. The first-order valence-electron chi connectivity index (χ1n) is 7.11. The van der Waals surface area contributed by atoms with Crippen LogP contribution in [0.4, 0.5) is 0 Å². The van der Waals surface area contributed by atoms with E-state index in [2.05, 4.69) is 13.8 Å². The second kappa shape index (κ2) is 11.0. The number of unbranched alkanes of at least 4 members (excludes halogenated alkanes) is 7. The maximum Gasteiger partial charge on any atom is 0.222 e. The zero-order chi connectivity index (χ0) is 13.0. The lowest BCUT2D eigenvalue weighted by atomic mass is 10.1. The summed E-state index contributed by atoms with van der Waals surface area (Å²) < 4.78 is 11.7. The Kier molecular flexibility index (Phi) is 11.0. The Balaban J connectivity index is 3.56. The zero-order valence-electron chi connectivity index (χ0n) is 11.5. The summed E-state index contributed by atoms with van der Waals surface area (Å²) >= 11 is 0. The number of rotatable bonds is 11. The van der Waals surface area contributed by atoms with E-state index in [4.69, 9.17) is 0 Å². The van der Waals surface area contributed by atoms with Crippen molar-refractivity contribution >= 4 is 7.37 Å². The van der Waals surface area contributed by atoms with Crippen LogP contribution in [0.3, 0.4) is 0 Å². The molecular formula is C14H29O2P. The lowest BCUT2D eigenvalue weighted by Crippen LogP contribution is -1.87. The quantitative estimate of drug-likeness (QED) is 0.403. The fourth-order valence-electron chi connectivity index (χ4n) is 1.75. The van der Waals surface area contributed by atoms with Crippen molar-refractivity contribution in [2.75, 3.05) is 6.16 Å². The summed E-state index contributed by atoms with van der Waals surface area (Å²) in [7, 11) is -2.97. The Labute approximate surface area is 107 Å². The summed E-state index contributed by atoms with van der Waals surface area (Å²) in [6.45, 7) is 4.33. The molecule has 0 aromatic rings. The zero-order valence-corrected chi connectivity index (χ0v) is 12.4. The van der Waals surface area contributed by atoms with Crippen molar-refractivity contribution in [1.82, 2.24) is 0 Å². The van der Waals surface area contributed by atoms with Gasteiger partial charge in [0.1, 0.15) is 0 Å². The van der Waals surface area contributed by atoms with E-state index in [1.165, 1.54) is 25.7 Å². The second-order valence-electron chi connectivity index (χ2n) is 4.77. The van der Waals surface area contributed by atoms with Crippen molar-refractivity contribution in [2.24, 2.45) is 0 Å². The summed E-state index contributed by atoms with van der Waals surface area (Å²) in [6.07, 6.45) is 12.5. The van der Waals surface area contributed by atoms with Gasteiger partial charge in [0.2, 0.25) is 7.37 Å². The Hall–Kier alpha value is -0.0700. The molecule has 3 heteroatoms. The van der Waals surface area contributed by atoms with Crippen molar-refractivity contribution < 1.29 is 9.46 Å². The molecule has 0 saturated carbocycles. The third-order valence-corrected chi connectivity index (χ3v) is 4.53. The van der Waals surface area contributed by atoms with Crippen molar-refractivity contribution in [3.8, 4) is 0 Å². The normalized spacial score (nSPS) is 15.2. The molecule has 0 amide bonds. The van der Waals surface area contributed by atoms with Gasteiger partial charge in [-0.3, -0.25) is 4.57 Å². The highest BCUT2D eigenvalue weighted by atomic mass is 31.2. The van der Waals surface area contributed by atoms with Crippen molar-refractivity contribution in [3.05, 3.63) is 11.9 Å². The Morgan fingerprint density at radius 2 is 1.53 bits per heavy atom. The molecule has 0 fully saturated rings. The summed E-state index contributed by atoms with van der Waals surface area (Å²) in [4.78, 5) is 9.69. The maximum absolute atomic E-state index is 11.7. The summed E-state index contributed by atoms with van der Waals surface area (Å²) in [5, 5.41) is 0. The van der Waals surface area contributed by atoms with Gasteiger partial charge in [0.15, 0.2) is 0 Å². The molecule has 1 atom stereocenters. The van der Waals surface area contributed by atoms with Gasteiger partial charge in [0.25, 0.3) is 0 Å². The fourth-order valence-corrected chi connectivity index (χ4v) is 3.06. The first-order chi connectivity index (χ1) is 8.12. The minimum absolute atomic E-state index is 0.460. The van der Waals surface area contributed by atoms with Crippen molar-refractivity contribution in [2.45, 2.75) is 71.6 Å². The molecule has 0 radical (unpaired) electrons. The van der Waals surface area contributed by atoms with E-state index in [0.29, 0.717) is 6.16 Å². The Morgan fingerprint density at radius 1 is 0.941 bits per heavy atom. The monoisotopic (exact) mass is 260 g/mol. The van der Waals surface area contributed by atoms with Crippen LogP contribution >= 0.6 is 7.37 Å². The van der Waals surface area contributed by atoms with Gasteiger partial charge in [-0.2, -0.15) is 0 Å². The highest BCUT2D eigenvalue weighted by Crippen LogP contribution is 2.43. The number of allylic oxidation sites excluding steroid dienone is 1. The molecule has 1 N–H and O–H groups in total. The summed E-state index contributed by atoms with van der Waals surface area (Å²) in [6, 6.07) is 0. The number of hydrogen-bond donors (Lipinski definition) is 1. The Morgan fingerprint density at radius 3 is 2.18 bits per heavy atom. The third-order valence-electron chi connectivity index (χ3n) is 2.89. The molecule has 0 bridgehead atoms. The smallest absolute Gasteiger partial charge is 0.222 e. The van der Waals surface area contributed by atoms with Crippen LogP contribution in [0.15, 0.2) is 11.9 Å². The fraction of sp³-hybridized carbons (Fsp3) is 0.857. The molecule has 0 aromatic heterocycles. The van der Waals surface area contributed by atoms with Crippen LogP contribution in [0.5, 0.6) is 0 Å². The summed E-state index contributed by atoms with van der Waals surface area (Å²) in [5.41, 5.74) is 0. The first-order valence-corrected chi connectivity index (χ1v) is 9.03. The van der Waals surface area contributed by atoms with Crippen LogP contribution in [-0.4, -0.2) is 11.1 Å². The lowest BCUT2D eigenvalue weighted by Gasteiger charge is -2.06. The van der Waals surface area contributed by atoms with Gasteiger partial charge < -0.3 is 4.89 Å². The van der Waals surface area contributed by atoms with Gasteiger partial charge >= 0.3 is 0 Å². The van der Waals surface area contributed by atoms with Gasteiger partial charge in [0, 0.05) is 6.16 Å². The molecule has 0 aliphatic heterocycles. The molecule has 0 heterocycles.